The number of amides is 1. The lowest BCUT2D eigenvalue weighted by Crippen LogP contribution is -2.42. The summed E-state index contributed by atoms with van der Waals surface area (Å²) < 4.78 is 28.7. The SMILES string of the molecule is Cc1cc(S(=O)(=O)N[C@H](C)C2CCNCC2)cc(C)c1NC(=O)c1ccccc1.Cl. The summed E-state index contributed by atoms with van der Waals surface area (Å²) in [4.78, 5) is 12.7. The van der Waals surface area contributed by atoms with Crippen LogP contribution in [-0.4, -0.2) is 33.5 Å². The molecule has 1 atom stereocenters. The number of halogens is 1. The van der Waals surface area contributed by atoms with Crippen molar-refractivity contribution in [2.24, 2.45) is 5.92 Å². The van der Waals surface area contributed by atoms with E-state index in [4.69, 9.17) is 0 Å². The summed E-state index contributed by atoms with van der Waals surface area (Å²) in [7, 11) is -3.63. The summed E-state index contributed by atoms with van der Waals surface area (Å²) in [6, 6.07) is 12.1. The van der Waals surface area contributed by atoms with Crippen LogP contribution in [-0.2, 0) is 10.0 Å². The Labute approximate surface area is 185 Å². The predicted octanol–water partition coefficient (Wildman–Crippen LogP) is 3.64. The number of nitrogens with one attached hydrogen (secondary N) is 3. The number of benzene rings is 2. The zero-order valence-corrected chi connectivity index (χ0v) is 19.2. The quantitative estimate of drug-likeness (QED) is 0.625. The van der Waals surface area contributed by atoms with Crippen LogP contribution in [0.5, 0.6) is 0 Å². The van der Waals surface area contributed by atoms with Crippen molar-refractivity contribution in [1.29, 1.82) is 0 Å². The molecule has 1 fully saturated rings. The second-order valence-electron chi connectivity index (χ2n) is 7.75. The largest absolute Gasteiger partial charge is 0.322 e. The maximum atomic E-state index is 12.9. The highest BCUT2D eigenvalue weighted by Gasteiger charge is 2.26. The molecule has 164 valence electrons. The zero-order chi connectivity index (χ0) is 21.0. The lowest BCUT2D eigenvalue weighted by molar-refractivity contribution is 0.102. The average molecular weight is 452 g/mol. The van der Waals surface area contributed by atoms with Gasteiger partial charge in [-0.1, -0.05) is 18.2 Å². The van der Waals surface area contributed by atoms with E-state index in [9.17, 15) is 13.2 Å². The minimum Gasteiger partial charge on any atom is -0.322 e. The van der Waals surface area contributed by atoms with E-state index in [2.05, 4.69) is 15.4 Å². The van der Waals surface area contributed by atoms with Gasteiger partial charge in [-0.3, -0.25) is 4.79 Å². The van der Waals surface area contributed by atoms with Gasteiger partial charge in [0.05, 0.1) is 4.90 Å². The Balaban J connectivity index is 0.00000320. The minimum atomic E-state index is -3.63. The van der Waals surface area contributed by atoms with Crippen LogP contribution in [0.25, 0.3) is 0 Å². The lowest BCUT2D eigenvalue weighted by atomic mass is 9.92. The second kappa shape index (κ2) is 10.4. The molecule has 2 aromatic carbocycles. The monoisotopic (exact) mass is 451 g/mol. The number of hydrogen-bond acceptors (Lipinski definition) is 4. The number of anilines is 1. The molecule has 30 heavy (non-hydrogen) atoms. The van der Waals surface area contributed by atoms with Crippen LogP contribution in [0, 0.1) is 19.8 Å². The van der Waals surface area contributed by atoms with Gasteiger partial charge in [-0.05, 0) is 88.0 Å². The molecule has 0 spiro atoms. The van der Waals surface area contributed by atoms with Gasteiger partial charge in [0.2, 0.25) is 10.0 Å². The van der Waals surface area contributed by atoms with E-state index < -0.39 is 10.0 Å². The molecule has 0 aliphatic carbocycles. The molecule has 6 nitrogen and oxygen atoms in total. The van der Waals surface area contributed by atoms with Gasteiger partial charge in [-0.15, -0.1) is 12.4 Å². The minimum absolute atomic E-state index is 0. The van der Waals surface area contributed by atoms with Gasteiger partial charge in [-0.2, -0.15) is 0 Å². The van der Waals surface area contributed by atoms with E-state index in [0.717, 1.165) is 25.9 Å². The van der Waals surface area contributed by atoms with Crippen LogP contribution in [0.3, 0.4) is 0 Å². The number of carbonyl (C=O) groups is 1. The van der Waals surface area contributed by atoms with Gasteiger partial charge in [0.15, 0.2) is 0 Å². The summed E-state index contributed by atoms with van der Waals surface area (Å²) >= 11 is 0. The molecule has 1 aliphatic heterocycles. The normalized spacial score (nSPS) is 15.8. The van der Waals surface area contributed by atoms with Crippen LogP contribution in [0.15, 0.2) is 47.4 Å². The zero-order valence-electron chi connectivity index (χ0n) is 17.6. The predicted molar refractivity (Wildman–Crippen MR) is 123 cm³/mol. The molecule has 0 bridgehead atoms. The molecule has 1 saturated heterocycles. The molecule has 0 saturated carbocycles. The Hall–Kier alpha value is -1.93. The first kappa shape index (κ1) is 24.3. The van der Waals surface area contributed by atoms with Crippen LogP contribution in [0.4, 0.5) is 5.69 Å². The highest BCUT2D eigenvalue weighted by Crippen LogP contribution is 2.26. The maximum Gasteiger partial charge on any atom is 0.255 e. The van der Waals surface area contributed by atoms with Crippen molar-refractivity contribution in [1.82, 2.24) is 10.0 Å². The first-order valence-corrected chi connectivity index (χ1v) is 11.5. The van der Waals surface area contributed by atoms with Crippen LogP contribution >= 0.6 is 12.4 Å². The third-order valence-corrected chi connectivity index (χ3v) is 7.06. The standard InChI is InChI=1S/C22H29N3O3S.ClH/c1-15-13-20(29(27,28)25-17(3)18-9-11-23-12-10-18)14-16(2)21(15)24-22(26)19-7-5-4-6-8-19;/h4-8,13-14,17-18,23,25H,9-12H2,1-3H3,(H,24,26);1H/t17-;/m1./s1. The highest BCUT2D eigenvalue weighted by molar-refractivity contribution is 7.89. The van der Waals surface area contributed by atoms with Crippen LogP contribution in [0.1, 0.15) is 41.3 Å². The van der Waals surface area contributed by atoms with E-state index in [1.165, 1.54) is 0 Å². The van der Waals surface area contributed by atoms with Gasteiger partial charge in [0.25, 0.3) is 5.91 Å². The molecule has 2 aromatic rings. The van der Waals surface area contributed by atoms with E-state index in [0.29, 0.717) is 28.3 Å². The topological polar surface area (TPSA) is 87.3 Å². The summed E-state index contributed by atoms with van der Waals surface area (Å²) in [5, 5.41) is 6.21. The Bertz CT molecular complexity index is 951. The maximum absolute atomic E-state index is 12.9. The van der Waals surface area contributed by atoms with Gasteiger partial charge < -0.3 is 10.6 Å². The van der Waals surface area contributed by atoms with Crippen molar-refractivity contribution in [3.05, 3.63) is 59.2 Å². The average Bonchev–Trinajstić information content (AvgIpc) is 2.71. The number of piperidine rings is 1. The number of carbonyl (C=O) groups excluding carboxylic acids is 1. The van der Waals surface area contributed by atoms with Crippen molar-refractivity contribution in [2.45, 2.75) is 44.6 Å². The molecular formula is C22H30ClN3O3S. The fourth-order valence-corrected chi connectivity index (χ4v) is 5.29. The summed E-state index contributed by atoms with van der Waals surface area (Å²) in [6.07, 6.45) is 1.93. The third kappa shape index (κ3) is 5.82. The first-order chi connectivity index (χ1) is 13.8. The Morgan fingerprint density at radius 2 is 1.63 bits per heavy atom. The molecule has 1 aliphatic rings. The second-order valence-corrected chi connectivity index (χ2v) is 9.46. The fourth-order valence-electron chi connectivity index (χ4n) is 3.80. The van der Waals surface area contributed by atoms with E-state index in [1.54, 1.807) is 36.4 Å². The molecule has 0 unspecified atom stereocenters. The Kier molecular flexibility index (Phi) is 8.43. The fraction of sp³-hybridized carbons (Fsp3) is 0.409. The van der Waals surface area contributed by atoms with Crippen molar-refractivity contribution in [2.75, 3.05) is 18.4 Å². The van der Waals surface area contributed by atoms with Crippen molar-refractivity contribution in [3.8, 4) is 0 Å². The van der Waals surface area contributed by atoms with E-state index >= 15 is 0 Å². The molecule has 3 N–H and O–H groups in total. The third-order valence-electron chi connectivity index (χ3n) is 5.52. The van der Waals surface area contributed by atoms with E-state index in [1.807, 2.05) is 26.8 Å². The van der Waals surface area contributed by atoms with Gasteiger partial charge >= 0.3 is 0 Å². The smallest absolute Gasteiger partial charge is 0.255 e. The molecule has 3 rings (SSSR count). The number of sulfonamides is 1. The molecule has 1 amide bonds. The number of rotatable bonds is 6. The van der Waals surface area contributed by atoms with Crippen molar-refractivity contribution < 1.29 is 13.2 Å². The van der Waals surface area contributed by atoms with Gasteiger partial charge in [0, 0.05) is 17.3 Å². The lowest BCUT2D eigenvalue weighted by Gasteiger charge is -2.28. The molecule has 1 heterocycles. The van der Waals surface area contributed by atoms with E-state index in [-0.39, 0.29) is 29.3 Å². The summed E-state index contributed by atoms with van der Waals surface area (Å²) in [6.45, 7) is 7.39. The Morgan fingerprint density at radius 3 is 2.20 bits per heavy atom. The first-order valence-electron chi connectivity index (χ1n) is 9.98. The molecular weight excluding hydrogens is 422 g/mol. The molecule has 0 aromatic heterocycles. The van der Waals surface area contributed by atoms with Crippen LogP contribution in [0.2, 0.25) is 0 Å². The van der Waals surface area contributed by atoms with Gasteiger partial charge in [-0.25, -0.2) is 13.1 Å². The number of hydrogen-bond donors (Lipinski definition) is 3. The highest BCUT2D eigenvalue weighted by atomic mass is 35.5. The molecule has 0 radical (unpaired) electrons. The number of aryl methyl sites for hydroxylation is 2. The van der Waals surface area contributed by atoms with Crippen LogP contribution < -0.4 is 15.4 Å². The van der Waals surface area contributed by atoms with Crippen molar-refractivity contribution in [3.63, 3.8) is 0 Å². The molecule has 8 heteroatoms. The van der Waals surface area contributed by atoms with Crippen molar-refractivity contribution >= 4 is 34.0 Å². The Morgan fingerprint density at radius 1 is 1.07 bits per heavy atom. The summed E-state index contributed by atoms with van der Waals surface area (Å²) in [5.41, 5.74) is 2.62. The summed E-state index contributed by atoms with van der Waals surface area (Å²) in [5.74, 6) is 0.114. The van der Waals surface area contributed by atoms with Gasteiger partial charge in [0.1, 0.15) is 0 Å².